The molecule has 0 spiro atoms. The maximum atomic E-state index is 10.5. The largest absolute Gasteiger partial charge is 0.372 e. The van der Waals surface area contributed by atoms with E-state index in [1.165, 1.54) is 0 Å². The molecule has 0 aromatic heterocycles. The fraction of sp³-hybridized carbons (Fsp3) is 0.429. The lowest BCUT2D eigenvalue weighted by Gasteiger charge is -2.19. The van der Waals surface area contributed by atoms with Crippen molar-refractivity contribution in [1.29, 1.82) is 0 Å². The summed E-state index contributed by atoms with van der Waals surface area (Å²) < 4.78 is 23.2. The molecule has 0 saturated heterocycles. The van der Waals surface area contributed by atoms with Crippen molar-refractivity contribution in [1.82, 2.24) is 9.62 Å². The van der Waals surface area contributed by atoms with Crippen molar-refractivity contribution in [2.24, 2.45) is 5.14 Å². The van der Waals surface area contributed by atoms with Gasteiger partial charge in [-0.15, -0.1) is 0 Å². The number of rotatable bonds is 4. The molecule has 1 heterocycles. The van der Waals surface area contributed by atoms with E-state index in [0.717, 1.165) is 6.54 Å². The first kappa shape index (κ1) is 10.2. The van der Waals surface area contributed by atoms with Crippen LogP contribution in [0.2, 0.25) is 0 Å². The van der Waals surface area contributed by atoms with Gasteiger partial charge in [0.15, 0.2) is 0 Å². The molecule has 13 heavy (non-hydrogen) atoms. The molecule has 0 fully saturated rings. The first-order chi connectivity index (χ1) is 6.08. The summed E-state index contributed by atoms with van der Waals surface area (Å²) in [6.07, 6.45) is 8.44. The predicted octanol–water partition coefficient (Wildman–Crippen LogP) is -1.03. The van der Waals surface area contributed by atoms with E-state index in [-0.39, 0.29) is 0 Å². The van der Waals surface area contributed by atoms with Crippen molar-refractivity contribution < 1.29 is 8.42 Å². The molecule has 73 valence electrons. The van der Waals surface area contributed by atoms with Gasteiger partial charge >= 0.3 is 0 Å². The Morgan fingerprint density at radius 1 is 1.62 bits per heavy atom. The minimum atomic E-state index is -3.55. The van der Waals surface area contributed by atoms with Crippen LogP contribution in [0.25, 0.3) is 0 Å². The molecular formula is C7H12N3O2S. The Morgan fingerprint density at radius 2 is 2.38 bits per heavy atom. The summed E-state index contributed by atoms with van der Waals surface area (Å²) in [5.41, 5.74) is 0. The number of hydrogen-bond donors (Lipinski definition) is 2. The second-order valence-corrected chi connectivity index (χ2v) is 4.01. The number of nitrogens with zero attached hydrogens (tertiary/aromatic N) is 1. The van der Waals surface area contributed by atoms with Gasteiger partial charge in [0.25, 0.3) is 10.2 Å². The van der Waals surface area contributed by atoms with Gasteiger partial charge in [0, 0.05) is 25.8 Å². The molecule has 1 aliphatic rings. The minimum Gasteiger partial charge on any atom is -0.372 e. The van der Waals surface area contributed by atoms with Crippen LogP contribution in [0.3, 0.4) is 0 Å². The van der Waals surface area contributed by atoms with Gasteiger partial charge < -0.3 is 4.90 Å². The Kier molecular flexibility index (Phi) is 3.47. The first-order valence-electron chi connectivity index (χ1n) is 3.84. The maximum Gasteiger partial charge on any atom is 0.274 e. The second-order valence-electron chi connectivity index (χ2n) is 2.63. The van der Waals surface area contributed by atoms with Crippen LogP contribution in [-0.4, -0.2) is 33.0 Å². The van der Waals surface area contributed by atoms with Crippen LogP contribution in [0.1, 0.15) is 0 Å². The predicted molar refractivity (Wildman–Crippen MR) is 49.6 cm³/mol. The molecule has 1 rings (SSSR count). The van der Waals surface area contributed by atoms with Crippen LogP contribution in [0.4, 0.5) is 0 Å². The molecular weight excluding hydrogens is 190 g/mol. The molecule has 0 amide bonds. The van der Waals surface area contributed by atoms with E-state index in [2.05, 4.69) is 10.8 Å². The lowest BCUT2D eigenvalue weighted by molar-refractivity contribution is 0.413. The zero-order chi connectivity index (χ0) is 9.73. The fourth-order valence-electron chi connectivity index (χ4n) is 0.945. The summed E-state index contributed by atoms with van der Waals surface area (Å²) in [6.45, 7) is 1.68. The number of allylic oxidation sites excluding steroid dienone is 2. The Hall–Kier alpha value is -0.850. The molecule has 6 heteroatoms. The van der Waals surface area contributed by atoms with E-state index in [9.17, 15) is 8.42 Å². The standard InChI is InChI=1S/C7H12N3O2S/c8-13(11,12)9-4-7-10-5-2-1-3-6-10/h1-2,6,9H,4-5,7H2,(H2,8,11,12). The summed E-state index contributed by atoms with van der Waals surface area (Å²) in [4.78, 5) is 1.93. The van der Waals surface area contributed by atoms with Gasteiger partial charge in [0.1, 0.15) is 0 Å². The van der Waals surface area contributed by atoms with Gasteiger partial charge in [-0.05, 0) is 6.08 Å². The Bertz CT molecular complexity index is 308. The van der Waals surface area contributed by atoms with Crippen molar-refractivity contribution in [3.63, 3.8) is 0 Å². The molecule has 1 aliphatic heterocycles. The maximum absolute atomic E-state index is 10.5. The molecule has 0 unspecified atom stereocenters. The molecule has 0 bridgehead atoms. The van der Waals surface area contributed by atoms with Crippen LogP contribution < -0.4 is 9.86 Å². The molecule has 0 aromatic rings. The van der Waals surface area contributed by atoms with E-state index in [1.807, 2.05) is 17.1 Å². The third kappa shape index (κ3) is 4.66. The topological polar surface area (TPSA) is 75.4 Å². The van der Waals surface area contributed by atoms with Gasteiger partial charge in [-0.3, -0.25) is 0 Å². The van der Waals surface area contributed by atoms with Crippen molar-refractivity contribution >= 4 is 10.2 Å². The van der Waals surface area contributed by atoms with Gasteiger partial charge in [-0.25, -0.2) is 9.86 Å². The van der Waals surface area contributed by atoms with Gasteiger partial charge in [0.2, 0.25) is 0 Å². The summed E-state index contributed by atoms with van der Waals surface area (Å²) >= 11 is 0. The van der Waals surface area contributed by atoms with Crippen molar-refractivity contribution in [2.45, 2.75) is 0 Å². The summed E-state index contributed by atoms with van der Waals surface area (Å²) in [5.74, 6) is 0. The lowest BCUT2D eigenvalue weighted by Crippen LogP contribution is -2.36. The van der Waals surface area contributed by atoms with Crippen LogP contribution in [0, 0.1) is 6.08 Å². The molecule has 3 N–H and O–H groups in total. The molecule has 1 radical (unpaired) electrons. The fourth-order valence-corrected chi connectivity index (χ4v) is 1.32. The number of nitrogens with one attached hydrogen (secondary N) is 1. The van der Waals surface area contributed by atoms with Gasteiger partial charge in [-0.2, -0.15) is 8.42 Å². The third-order valence-corrected chi connectivity index (χ3v) is 2.12. The zero-order valence-electron chi connectivity index (χ0n) is 7.10. The van der Waals surface area contributed by atoms with E-state index < -0.39 is 10.2 Å². The van der Waals surface area contributed by atoms with E-state index in [4.69, 9.17) is 5.14 Å². The van der Waals surface area contributed by atoms with Crippen molar-refractivity contribution in [2.75, 3.05) is 19.6 Å². The molecule has 0 saturated carbocycles. The van der Waals surface area contributed by atoms with Crippen LogP contribution in [0.5, 0.6) is 0 Å². The second kappa shape index (κ2) is 4.40. The van der Waals surface area contributed by atoms with E-state index in [0.29, 0.717) is 13.1 Å². The molecule has 0 atom stereocenters. The van der Waals surface area contributed by atoms with E-state index in [1.54, 1.807) is 6.20 Å². The van der Waals surface area contributed by atoms with Crippen LogP contribution >= 0.6 is 0 Å². The molecule has 0 aliphatic carbocycles. The smallest absolute Gasteiger partial charge is 0.274 e. The highest BCUT2D eigenvalue weighted by molar-refractivity contribution is 7.87. The van der Waals surface area contributed by atoms with Crippen LogP contribution in [0.15, 0.2) is 18.4 Å². The van der Waals surface area contributed by atoms with E-state index >= 15 is 0 Å². The monoisotopic (exact) mass is 202 g/mol. The Balaban J connectivity index is 2.20. The lowest BCUT2D eigenvalue weighted by atomic mass is 10.3. The number of nitrogens with two attached hydrogens (primary N) is 1. The first-order valence-corrected chi connectivity index (χ1v) is 5.38. The highest BCUT2D eigenvalue weighted by atomic mass is 32.2. The van der Waals surface area contributed by atoms with Crippen molar-refractivity contribution in [3.8, 4) is 0 Å². The van der Waals surface area contributed by atoms with Gasteiger partial charge in [-0.1, -0.05) is 12.2 Å². The number of hydrogen-bond acceptors (Lipinski definition) is 3. The molecule has 5 nitrogen and oxygen atoms in total. The quantitative estimate of drug-likeness (QED) is 0.612. The average Bonchev–Trinajstić information content (AvgIpc) is 2.04. The molecule has 0 aromatic carbocycles. The SMILES string of the molecule is NS(=O)(=O)NCCN1C=[C]C=CC1. The highest BCUT2D eigenvalue weighted by Gasteiger charge is 2.02. The minimum absolute atomic E-state index is 0.310. The zero-order valence-corrected chi connectivity index (χ0v) is 7.92. The van der Waals surface area contributed by atoms with Crippen LogP contribution in [-0.2, 0) is 10.2 Å². The average molecular weight is 202 g/mol. The van der Waals surface area contributed by atoms with Gasteiger partial charge in [0.05, 0.1) is 0 Å². The Labute approximate surface area is 78.1 Å². The summed E-state index contributed by atoms with van der Waals surface area (Å²) in [5, 5.41) is 4.75. The van der Waals surface area contributed by atoms with Crippen molar-refractivity contribution in [3.05, 3.63) is 24.4 Å². The third-order valence-electron chi connectivity index (χ3n) is 1.51. The highest BCUT2D eigenvalue weighted by Crippen LogP contribution is 1.95. The summed E-state index contributed by atoms with van der Waals surface area (Å²) in [6, 6.07) is 0. The summed E-state index contributed by atoms with van der Waals surface area (Å²) in [7, 11) is -3.55. The Morgan fingerprint density at radius 3 is 2.92 bits per heavy atom. The normalized spacial score (nSPS) is 16.5.